The van der Waals surface area contributed by atoms with Gasteiger partial charge < -0.3 is 14.8 Å². The first-order valence-electron chi connectivity index (χ1n) is 13.5. The zero-order valence-electron chi connectivity index (χ0n) is 21.9. The summed E-state index contributed by atoms with van der Waals surface area (Å²) in [6.07, 6.45) is 5.49. The fourth-order valence-electron chi connectivity index (χ4n) is 5.69. The summed E-state index contributed by atoms with van der Waals surface area (Å²) in [4.78, 5) is 25.7. The van der Waals surface area contributed by atoms with E-state index in [9.17, 15) is 18.0 Å². The molecular weight excluding hydrogens is 508 g/mol. The predicted molar refractivity (Wildman–Crippen MR) is 139 cm³/mol. The molecule has 10 nitrogen and oxygen atoms in total. The summed E-state index contributed by atoms with van der Waals surface area (Å²) in [5, 5.41) is 7.86. The minimum Gasteiger partial charge on any atom is -0.462 e. The van der Waals surface area contributed by atoms with Crippen LogP contribution in [0.4, 0.5) is 0 Å². The van der Waals surface area contributed by atoms with E-state index in [1.54, 1.807) is 4.68 Å². The molecule has 1 spiro atoms. The molecule has 1 aromatic heterocycles. The molecule has 0 unspecified atom stereocenters. The highest BCUT2D eigenvalue weighted by Gasteiger charge is 2.39. The van der Waals surface area contributed by atoms with Gasteiger partial charge in [0.2, 0.25) is 10.0 Å². The van der Waals surface area contributed by atoms with Crippen molar-refractivity contribution in [3.05, 3.63) is 46.8 Å². The van der Waals surface area contributed by atoms with Gasteiger partial charge in [0.1, 0.15) is 5.69 Å². The Bertz CT molecular complexity index is 1280. The molecule has 206 valence electrons. The molecule has 3 aliphatic heterocycles. The second-order valence-corrected chi connectivity index (χ2v) is 12.4. The SMILES string of the molecule is CCn1nc(CCCOC(=O)c2ccc(S(=O)(=O)N3CCCC3)cc2)c2c1C(=O)NCC1(CCOCC1)C2. The molecule has 4 heterocycles. The molecule has 38 heavy (non-hydrogen) atoms. The molecule has 0 atom stereocenters. The lowest BCUT2D eigenvalue weighted by atomic mass is 9.75. The van der Waals surface area contributed by atoms with Crippen molar-refractivity contribution in [3.8, 4) is 0 Å². The van der Waals surface area contributed by atoms with Gasteiger partial charge in [-0.15, -0.1) is 0 Å². The van der Waals surface area contributed by atoms with Crippen LogP contribution < -0.4 is 5.32 Å². The molecule has 3 aliphatic rings. The summed E-state index contributed by atoms with van der Waals surface area (Å²) in [6, 6.07) is 5.93. The predicted octanol–water partition coefficient (Wildman–Crippen LogP) is 2.56. The number of aryl methyl sites for hydroxylation is 2. The first-order chi connectivity index (χ1) is 18.3. The molecule has 11 heteroatoms. The molecule has 0 saturated carbocycles. The van der Waals surface area contributed by atoms with Crippen molar-refractivity contribution in [1.29, 1.82) is 0 Å². The van der Waals surface area contributed by atoms with Gasteiger partial charge in [-0.2, -0.15) is 9.40 Å². The van der Waals surface area contributed by atoms with Gasteiger partial charge in [-0.1, -0.05) is 0 Å². The van der Waals surface area contributed by atoms with Crippen molar-refractivity contribution in [3.63, 3.8) is 0 Å². The lowest BCUT2D eigenvalue weighted by Gasteiger charge is -2.36. The number of amides is 1. The molecule has 1 N–H and O–H groups in total. The molecule has 0 radical (unpaired) electrons. The van der Waals surface area contributed by atoms with Crippen molar-refractivity contribution in [2.45, 2.75) is 63.3 Å². The maximum absolute atomic E-state index is 12.9. The van der Waals surface area contributed by atoms with Crippen LogP contribution in [0.15, 0.2) is 29.2 Å². The van der Waals surface area contributed by atoms with Gasteiger partial charge in [0.25, 0.3) is 5.91 Å². The van der Waals surface area contributed by atoms with E-state index < -0.39 is 16.0 Å². The van der Waals surface area contributed by atoms with E-state index in [0.29, 0.717) is 63.5 Å². The number of ether oxygens (including phenoxy) is 2. The number of carbonyl (C=O) groups excluding carboxylic acids is 2. The van der Waals surface area contributed by atoms with Crippen LogP contribution in [-0.2, 0) is 38.9 Å². The highest BCUT2D eigenvalue weighted by Crippen LogP contribution is 2.37. The number of sulfonamides is 1. The highest BCUT2D eigenvalue weighted by molar-refractivity contribution is 7.89. The Balaban J connectivity index is 1.21. The fraction of sp³-hybridized carbons (Fsp3) is 0.593. The molecule has 1 amide bonds. The molecule has 2 saturated heterocycles. The Morgan fingerprint density at radius 3 is 2.55 bits per heavy atom. The largest absolute Gasteiger partial charge is 0.462 e. The third-order valence-corrected chi connectivity index (χ3v) is 9.87. The van der Waals surface area contributed by atoms with Crippen LogP contribution in [-0.4, -0.2) is 73.8 Å². The van der Waals surface area contributed by atoms with E-state index in [2.05, 4.69) is 5.32 Å². The second kappa shape index (κ2) is 11.2. The molecule has 5 rings (SSSR count). The van der Waals surface area contributed by atoms with Crippen LogP contribution in [0.2, 0.25) is 0 Å². The monoisotopic (exact) mass is 544 g/mol. The maximum atomic E-state index is 12.9. The summed E-state index contributed by atoms with van der Waals surface area (Å²) in [6.45, 7) is 5.88. The third kappa shape index (κ3) is 5.37. The zero-order valence-corrected chi connectivity index (χ0v) is 22.7. The fourth-order valence-corrected chi connectivity index (χ4v) is 7.21. The van der Waals surface area contributed by atoms with Crippen molar-refractivity contribution in [2.24, 2.45) is 5.41 Å². The van der Waals surface area contributed by atoms with E-state index in [4.69, 9.17) is 14.6 Å². The summed E-state index contributed by atoms with van der Waals surface area (Å²) >= 11 is 0. The number of hydrogen-bond acceptors (Lipinski definition) is 7. The molecular formula is C27H36N4O6S. The van der Waals surface area contributed by atoms with Crippen LogP contribution in [0.5, 0.6) is 0 Å². The third-order valence-electron chi connectivity index (χ3n) is 7.96. The molecule has 2 aromatic rings. The number of carbonyl (C=O) groups is 2. The number of nitrogens with zero attached hydrogens (tertiary/aromatic N) is 3. The van der Waals surface area contributed by atoms with Gasteiger partial charge in [0.05, 0.1) is 22.8 Å². The lowest BCUT2D eigenvalue weighted by molar-refractivity contribution is 0.0160. The van der Waals surface area contributed by atoms with Crippen LogP contribution >= 0.6 is 0 Å². The van der Waals surface area contributed by atoms with Gasteiger partial charge in [0.15, 0.2) is 0 Å². The Morgan fingerprint density at radius 2 is 1.87 bits per heavy atom. The van der Waals surface area contributed by atoms with Crippen molar-refractivity contribution < 1.29 is 27.5 Å². The Morgan fingerprint density at radius 1 is 1.16 bits per heavy atom. The zero-order chi connectivity index (χ0) is 26.8. The van der Waals surface area contributed by atoms with Gasteiger partial charge in [-0.3, -0.25) is 9.48 Å². The van der Waals surface area contributed by atoms with E-state index >= 15 is 0 Å². The number of rotatable bonds is 8. The number of fused-ring (bicyclic) bond motifs is 1. The van der Waals surface area contributed by atoms with Crippen molar-refractivity contribution in [2.75, 3.05) is 39.5 Å². The lowest BCUT2D eigenvalue weighted by Crippen LogP contribution is -2.40. The standard InChI is InChI=1S/C27H36N4O6S/c1-2-31-24-22(18-27(19-28-25(24)32)11-16-36-17-12-27)23(29-31)6-5-15-37-26(33)20-7-9-21(10-8-20)38(34,35)30-13-3-4-14-30/h7-10H,2-6,11-19H2,1H3,(H,28,32). The summed E-state index contributed by atoms with van der Waals surface area (Å²) in [7, 11) is -3.52. The number of aromatic nitrogens is 2. The quantitative estimate of drug-likeness (QED) is 0.401. The average molecular weight is 545 g/mol. The van der Waals surface area contributed by atoms with Gasteiger partial charge >= 0.3 is 5.97 Å². The number of benzene rings is 1. The van der Waals surface area contributed by atoms with Gasteiger partial charge in [-0.05, 0) is 81.5 Å². The van der Waals surface area contributed by atoms with Crippen molar-refractivity contribution >= 4 is 21.9 Å². The number of esters is 1. The van der Waals surface area contributed by atoms with Gasteiger partial charge in [0, 0.05) is 45.0 Å². The smallest absolute Gasteiger partial charge is 0.338 e. The maximum Gasteiger partial charge on any atom is 0.338 e. The average Bonchev–Trinajstić information content (AvgIpc) is 3.57. The highest BCUT2D eigenvalue weighted by atomic mass is 32.2. The normalized spacial score (nSPS) is 19.7. The minimum atomic E-state index is -3.52. The van der Waals surface area contributed by atoms with E-state index in [0.717, 1.165) is 43.4 Å². The second-order valence-electron chi connectivity index (χ2n) is 10.4. The van der Waals surface area contributed by atoms with E-state index in [1.807, 2.05) is 6.92 Å². The Kier molecular flexibility index (Phi) is 7.88. The minimum absolute atomic E-state index is 0.0175. The topological polar surface area (TPSA) is 120 Å². The molecule has 2 fully saturated rings. The van der Waals surface area contributed by atoms with Gasteiger partial charge in [-0.25, -0.2) is 13.2 Å². The van der Waals surface area contributed by atoms with Crippen LogP contribution in [0.25, 0.3) is 0 Å². The van der Waals surface area contributed by atoms with E-state index in [1.165, 1.54) is 28.6 Å². The Hall–Kier alpha value is -2.76. The first kappa shape index (κ1) is 26.8. The number of hydrogen-bond donors (Lipinski definition) is 1. The van der Waals surface area contributed by atoms with Crippen molar-refractivity contribution in [1.82, 2.24) is 19.4 Å². The summed E-state index contributed by atoms with van der Waals surface area (Å²) in [5.74, 6) is -0.570. The molecule has 1 aromatic carbocycles. The summed E-state index contributed by atoms with van der Waals surface area (Å²) in [5.41, 5.74) is 2.83. The summed E-state index contributed by atoms with van der Waals surface area (Å²) < 4.78 is 39.7. The van der Waals surface area contributed by atoms with Crippen LogP contribution in [0.1, 0.15) is 71.1 Å². The Labute approximate surface area is 223 Å². The first-order valence-corrected chi connectivity index (χ1v) is 15.0. The number of nitrogens with one attached hydrogen (secondary N) is 1. The van der Waals surface area contributed by atoms with E-state index in [-0.39, 0.29) is 22.8 Å². The van der Waals surface area contributed by atoms with Crippen LogP contribution in [0, 0.1) is 5.41 Å². The molecule has 0 aliphatic carbocycles. The molecule has 0 bridgehead atoms. The van der Waals surface area contributed by atoms with Crippen LogP contribution in [0.3, 0.4) is 0 Å².